The average Bonchev–Trinajstić information content (AvgIpc) is 3.06. The summed E-state index contributed by atoms with van der Waals surface area (Å²) in [6.45, 7) is 9.63. The van der Waals surface area contributed by atoms with E-state index in [1.54, 1.807) is 0 Å². The molecular formula is C21H28O7S. The molecule has 0 aromatic heterocycles. The van der Waals surface area contributed by atoms with Gasteiger partial charge in [0.2, 0.25) is 0 Å². The molecule has 3 aliphatic rings. The lowest BCUT2D eigenvalue weighted by atomic mass is 9.61. The van der Waals surface area contributed by atoms with Crippen LogP contribution in [0.4, 0.5) is 0 Å². The van der Waals surface area contributed by atoms with Gasteiger partial charge in [0, 0.05) is 12.8 Å². The Morgan fingerprint density at radius 1 is 1.34 bits per heavy atom. The summed E-state index contributed by atoms with van der Waals surface area (Å²) < 4.78 is 28.0. The van der Waals surface area contributed by atoms with Crippen LogP contribution in [0.25, 0.3) is 0 Å². The first-order chi connectivity index (χ1) is 13.5. The number of hydrogen-bond donors (Lipinski definition) is 0. The van der Waals surface area contributed by atoms with Crippen LogP contribution in [-0.4, -0.2) is 47.5 Å². The molecule has 3 fully saturated rings. The summed E-state index contributed by atoms with van der Waals surface area (Å²) in [7, 11) is 0. The first kappa shape index (κ1) is 21.9. The van der Waals surface area contributed by atoms with Gasteiger partial charge in [-0.1, -0.05) is 20.4 Å². The van der Waals surface area contributed by atoms with Crippen molar-refractivity contribution in [2.45, 2.75) is 52.2 Å². The van der Waals surface area contributed by atoms with Crippen LogP contribution in [0, 0.1) is 22.7 Å². The molecule has 0 unspecified atom stereocenters. The Kier molecular flexibility index (Phi) is 5.89. The van der Waals surface area contributed by atoms with E-state index in [4.69, 9.17) is 14.2 Å². The van der Waals surface area contributed by atoms with E-state index in [0.29, 0.717) is 18.4 Å². The standard InChI is InChI=1S/C21H28O7S/c1-12-6-7-15(28-16(23)8-9-29(5)25)17-18(27-14(3)22)21(11-20(12,17)4)13(2)10-26-19(21)24/h8-9,12,15,17-18H,2,6-7,10-11H2,1,3-5H3/b9-8-/t12-,15-,17+,18+,20+,21+,29+/m0/s1. The van der Waals surface area contributed by atoms with Crippen molar-refractivity contribution >= 4 is 29.1 Å². The van der Waals surface area contributed by atoms with E-state index in [1.165, 1.54) is 18.6 Å². The highest BCUT2D eigenvalue weighted by atomic mass is 32.2. The predicted octanol–water partition coefficient (Wildman–Crippen LogP) is 2.28. The molecule has 0 radical (unpaired) electrons. The molecular weight excluding hydrogens is 396 g/mol. The van der Waals surface area contributed by atoms with Gasteiger partial charge in [0.15, 0.2) is 0 Å². The molecule has 1 heterocycles. The van der Waals surface area contributed by atoms with Gasteiger partial charge in [-0.3, -0.25) is 9.59 Å². The molecule has 0 bridgehead atoms. The third kappa shape index (κ3) is 3.61. The quantitative estimate of drug-likeness (QED) is 0.224. The summed E-state index contributed by atoms with van der Waals surface area (Å²) in [4.78, 5) is 37.1. The maximum atomic E-state index is 12.9. The van der Waals surface area contributed by atoms with Gasteiger partial charge in [-0.05, 0) is 47.3 Å². The summed E-state index contributed by atoms with van der Waals surface area (Å²) in [5.74, 6) is -1.68. The first-order valence-corrected chi connectivity index (χ1v) is 11.4. The van der Waals surface area contributed by atoms with Gasteiger partial charge in [0.05, 0.1) is 12.3 Å². The maximum Gasteiger partial charge on any atom is 0.335 e. The van der Waals surface area contributed by atoms with Crippen LogP contribution in [0.5, 0.6) is 0 Å². The topological polar surface area (TPSA) is 102 Å². The number of ether oxygens (including phenoxy) is 3. The fourth-order valence-corrected chi connectivity index (χ4v) is 5.71. The minimum absolute atomic E-state index is 0.100. The fraction of sp³-hybridized carbons (Fsp3) is 0.667. The lowest BCUT2D eigenvalue weighted by Crippen LogP contribution is -2.50. The van der Waals surface area contributed by atoms with E-state index in [1.807, 2.05) is 0 Å². The highest BCUT2D eigenvalue weighted by molar-refractivity contribution is 7.93. The third-order valence-electron chi connectivity index (χ3n) is 6.97. The van der Waals surface area contributed by atoms with E-state index >= 15 is 0 Å². The van der Waals surface area contributed by atoms with Crippen LogP contribution in [-0.2, 0) is 39.8 Å². The van der Waals surface area contributed by atoms with Gasteiger partial charge in [0.1, 0.15) is 29.6 Å². The summed E-state index contributed by atoms with van der Waals surface area (Å²) in [5.41, 5.74) is -0.926. The van der Waals surface area contributed by atoms with Crippen molar-refractivity contribution in [3.8, 4) is 0 Å². The molecule has 3 rings (SSSR count). The zero-order chi connectivity index (χ0) is 21.6. The van der Waals surface area contributed by atoms with Crippen LogP contribution in [0.15, 0.2) is 23.6 Å². The van der Waals surface area contributed by atoms with Crippen molar-refractivity contribution in [3.63, 3.8) is 0 Å². The Labute approximate surface area is 174 Å². The minimum Gasteiger partial charge on any atom is -0.612 e. The van der Waals surface area contributed by atoms with Gasteiger partial charge in [-0.2, -0.15) is 0 Å². The Hall–Kier alpha value is -1.80. The summed E-state index contributed by atoms with van der Waals surface area (Å²) in [5, 5.41) is 1.27. The van der Waals surface area contributed by atoms with Crippen molar-refractivity contribution in [1.82, 2.24) is 0 Å². The molecule has 1 aliphatic heterocycles. The SMILES string of the molecule is C=C1COC(=O)[C@]12C[C@@]1(C)[C@H]([C@@H](OC(=O)/C=C\[S@@+](C)[O-])CC[C@@H]1C)[C@H]2OC(C)=O. The highest BCUT2D eigenvalue weighted by Gasteiger charge is 2.71. The zero-order valence-electron chi connectivity index (χ0n) is 17.3. The number of cyclic esters (lactones) is 1. The fourth-order valence-electron chi connectivity index (χ4n) is 5.41. The number of fused-ring (bicyclic) bond motifs is 1. The second kappa shape index (κ2) is 7.80. The Bertz CT molecular complexity index is 742. The third-order valence-corrected chi connectivity index (χ3v) is 7.49. The second-order valence-corrected chi connectivity index (χ2v) is 9.91. The molecule has 7 atom stereocenters. The Balaban J connectivity index is 2.01. The van der Waals surface area contributed by atoms with Crippen molar-refractivity contribution in [1.29, 1.82) is 0 Å². The van der Waals surface area contributed by atoms with Crippen molar-refractivity contribution in [2.24, 2.45) is 22.7 Å². The highest BCUT2D eigenvalue weighted by Crippen LogP contribution is 2.66. The van der Waals surface area contributed by atoms with Crippen LogP contribution in [0.2, 0.25) is 0 Å². The van der Waals surface area contributed by atoms with E-state index < -0.39 is 52.1 Å². The van der Waals surface area contributed by atoms with Crippen molar-refractivity contribution in [2.75, 3.05) is 12.9 Å². The van der Waals surface area contributed by atoms with Gasteiger partial charge in [0.25, 0.3) is 0 Å². The Morgan fingerprint density at radius 3 is 2.59 bits per heavy atom. The van der Waals surface area contributed by atoms with E-state index in [2.05, 4.69) is 20.4 Å². The van der Waals surface area contributed by atoms with Crippen LogP contribution in [0.1, 0.15) is 40.0 Å². The number of esters is 3. The number of carbonyl (C=O) groups is 3. The largest absolute Gasteiger partial charge is 0.612 e. The zero-order valence-corrected chi connectivity index (χ0v) is 18.1. The lowest BCUT2D eigenvalue weighted by molar-refractivity contribution is -0.172. The van der Waals surface area contributed by atoms with Crippen molar-refractivity contribution in [3.05, 3.63) is 23.6 Å². The normalized spacial score (nSPS) is 40.0. The second-order valence-electron chi connectivity index (χ2n) is 8.64. The number of hydrogen-bond acceptors (Lipinski definition) is 7. The monoisotopic (exact) mass is 424 g/mol. The molecule has 0 amide bonds. The van der Waals surface area contributed by atoms with Gasteiger partial charge in [-0.15, -0.1) is 0 Å². The van der Waals surface area contributed by atoms with E-state index in [-0.39, 0.29) is 18.4 Å². The molecule has 1 spiro atoms. The van der Waals surface area contributed by atoms with E-state index in [0.717, 1.165) is 12.5 Å². The molecule has 1 saturated heterocycles. The number of rotatable bonds is 4. The molecule has 0 aromatic carbocycles. The molecule has 2 aliphatic carbocycles. The molecule has 7 nitrogen and oxygen atoms in total. The average molecular weight is 425 g/mol. The van der Waals surface area contributed by atoms with Crippen LogP contribution < -0.4 is 0 Å². The molecule has 0 aromatic rings. The van der Waals surface area contributed by atoms with Crippen molar-refractivity contribution < 1.29 is 33.1 Å². The van der Waals surface area contributed by atoms with Crippen LogP contribution in [0.3, 0.4) is 0 Å². The molecule has 160 valence electrons. The summed E-state index contributed by atoms with van der Waals surface area (Å²) >= 11 is -1.27. The van der Waals surface area contributed by atoms with E-state index in [9.17, 15) is 18.9 Å². The molecule has 2 saturated carbocycles. The Morgan fingerprint density at radius 2 is 2.03 bits per heavy atom. The minimum atomic E-state index is -1.27. The van der Waals surface area contributed by atoms with Gasteiger partial charge < -0.3 is 18.8 Å². The summed E-state index contributed by atoms with van der Waals surface area (Å²) in [6.07, 6.45) is 3.09. The van der Waals surface area contributed by atoms with Gasteiger partial charge >= 0.3 is 17.9 Å². The lowest BCUT2D eigenvalue weighted by Gasteiger charge is -2.46. The first-order valence-electron chi connectivity index (χ1n) is 9.76. The summed E-state index contributed by atoms with van der Waals surface area (Å²) in [6, 6.07) is 0. The number of carbonyl (C=O) groups excluding carboxylic acids is 3. The maximum absolute atomic E-state index is 12.9. The van der Waals surface area contributed by atoms with Crippen LogP contribution >= 0.6 is 0 Å². The smallest absolute Gasteiger partial charge is 0.335 e. The predicted molar refractivity (Wildman–Crippen MR) is 106 cm³/mol. The molecule has 8 heteroatoms. The molecule has 0 N–H and O–H groups in total. The molecule has 29 heavy (non-hydrogen) atoms. The van der Waals surface area contributed by atoms with Gasteiger partial charge in [-0.25, -0.2) is 4.79 Å².